The molecule has 1 aromatic heterocycles. The Bertz CT molecular complexity index is 377. The maximum Gasteiger partial charge on any atom is 0.312 e. The summed E-state index contributed by atoms with van der Waals surface area (Å²) >= 11 is 0. The van der Waals surface area contributed by atoms with Crippen LogP contribution in [0.3, 0.4) is 0 Å². The summed E-state index contributed by atoms with van der Waals surface area (Å²) in [5, 5.41) is 8.90. The molecule has 0 aromatic carbocycles. The first-order chi connectivity index (χ1) is 7.56. The molecule has 0 aliphatic carbocycles. The van der Waals surface area contributed by atoms with Crippen LogP contribution in [0.15, 0.2) is 6.20 Å². The Balaban J connectivity index is 2.87. The molecule has 1 atom stereocenters. The fourth-order valence-electron chi connectivity index (χ4n) is 1.56. The summed E-state index contributed by atoms with van der Waals surface area (Å²) in [5.41, 5.74) is 2.23. The van der Waals surface area contributed by atoms with E-state index in [2.05, 4.69) is 16.9 Å². The molecule has 0 amide bonds. The van der Waals surface area contributed by atoms with E-state index in [1.807, 2.05) is 6.92 Å². The molecule has 0 fully saturated rings. The van der Waals surface area contributed by atoms with E-state index in [9.17, 15) is 4.79 Å². The summed E-state index contributed by atoms with van der Waals surface area (Å²) in [6, 6.07) is 0. The third kappa shape index (κ3) is 3.02. The second-order valence-electron chi connectivity index (χ2n) is 4.00. The van der Waals surface area contributed by atoms with Gasteiger partial charge in [-0.25, -0.2) is 0 Å². The molecule has 1 aromatic rings. The Labute approximate surface area is 95.7 Å². The van der Waals surface area contributed by atoms with Crippen LogP contribution in [-0.2, 0) is 11.2 Å². The molecule has 0 aliphatic heterocycles. The van der Waals surface area contributed by atoms with Gasteiger partial charge in [0.15, 0.2) is 0 Å². The number of aromatic nitrogens is 2. The zero-order valence-electron chi connectivity index (χ0n) is 10.0. The first kappa shape index (κ1) is 12.6. The van der Waals surface area contributed by atoms with E-state index in [1.54, 1.807) is 13.1 Å². The number of carbonyl (C=O) groups is 1. The van der Waals surface area contributed by atoms with Crippen LogP contribution < -0.4 is 0 Å². The molecule has 0 spiro atoms. The van der Waals surface area contributed by atoms with Crippen molar-refractivity contribution in [2.75, 3.05) is 0 Å². The molecule has 1 N–H and O–H groups in total. The number of aliphatic carboxylic acids is 1. The number of hydrogen-bond acceptors (Lipinski definition) is 3. The zero-order valence-corrected chi connectivity index (χ0v) is 10.0. The zero-order chi connectivity index (χ0) is 12.1. The highest BCUT2D eigenvalue weighted by atomic mass is 16.4. The standard InChI is InChI=1S/C12H18N2O2/c1-4-5-6-10-7-13-11(9(3)14-10)8(2)12(15)16/h7-8H,4-6H2,1-3H3,(H,15,16). The van der Waals surface area contributed by atoms with Gasteiger partial charge in [0, 0.05) is 6.20 Å². The maximum absolute atomic E-state index is 10.8. The first-order valence-corrected chi connectivity index (χ1v) is 5.61. The lowest BCUT2D eigenvalue weighted by Crippen LogP contribution is -2.12. The molecule has 1 heterocycles. The Kier molecular flexibility index (Phi) is 4.40. The van der Waals surface area contributed by atoms with Crippen LogP contribution in [0.25, 0.3) is 0 Å². The van der Waals surface area contributed by atoms with Crippen molar-refractivity contribution in [3.05, 3.63) is 23.3 Å². The Morgan fingerprint density at radius 2 is 2.25 bits per heavy atom. The number of carboxylic acid groups (broad SMARTS) is 1. The number of aryl methyl sites for hydroxylation is 2. The fraction of sp³-hybridized carbons (Fsp3) is 0.583. The van der Waals surface area contributed by atoms with E-state index < -0.39 is 11.9 Å². The van der Waals surface area contributed by atoms with Crippen molar-refractivity contribution >= 4 is 5.97 Å². The van der Waals surface area contributed by atoms with Gasteiger partial charge in [0.05, 0.1) is 23.0 Å². The largest absolute Gasteiger partial charge is 0.481 e. The number of carboxylic acids is 1. The fourth-order valence-corrected chi connectivity index (χ4v) is 1.56. The van der Waals surface area contributed by atoms with Crippen LogP contribution in [0.2, 0.25) is 0 Å². The molecular weight excluding hydrogens is 204 g/mol. The second-order valence-corrected chi connectivity index (χ2v) is 4.00. The van der Waals surface area contributed by atoms with Crippen molar-refractivity contribution < 1.29 is 9.90 Å². The minimum absolute atomic E-state index is 0.563. The smallest absolute Gasteiger partial charge is 0.312 e. The predicted octanol–water partition coefficient (Wildman–Crippen LogP) is 2.32. The third-order valence-electron chi connectivity index (χ3n) is 2.60. The van der Waals surface area contributed by atoms with Gasteiger partial charge in [-0.1, -0.05) is 13.3 Å². The topological polar surface area (TPSA) is 63.1 Å². The van der Waals surface area contributed by atoms with Crippen LogP contribution in [0, 0.1) is 6.92 Å². The van der Waals surface area contributed by atoms with Gasteiger partial charge in [0.2, 0.25) is 0 Å². The first-order valence-electron chi connectivity index (χ1n) is 5.61. The van der Waals surface area contributed by atoms with Crippen LogP contribution >= 0.6 is 0 Å². The van der Waals surface area contributed by atoms with Crippen molar-refractivity contribution in [2.24, 2.45) is 0 Å². The van der Waals surface area contributed by atoms with E-state index in [1.165, 1.54) is 0 Å². The molecule has 0 saturated heterocycles. The normalized spacial score (nSPS) is 12.4. The van der Waals surface area contributed by atoms with Crippen LogP contribution in [0.5, 0.6) is 0 Å². The molecule has 16 heavy (non-hydrogen) atoms. The summed E-state index contributed by atoms with van der Waals surface area (Å²) in [5.74, 6) is -1.45. The van der Waals surface area contributed by atoms with E-state index in [-0.39, 0.29) is 0 Å². The Morgan fingerprint density at radius 3 is 2.75 bits per heavy atom. The second kappa shape index (κ2) is 5.58. The monoisotopic (exact) mass is 222 g/mol. The summed E-state index contributed by atoms with van der Waals surface area (Å²) in [4.78, 5) is 19.4. The molecule has 0 aliphatic rings. The number of unbranched alkanes of at least 4 members (excludes halogenated alkanes) is 1. The Hall–Kier alpha value is -1.45. The minimum Gasteiger partial charge on any atom is -0.481 e. The van der Waals surface area contributed by atoms with E-state index >= 15 is 0 Å². The lowest BCUT2D eigenvalue weighted by molar-refractivity contribution is -0.138. The number of hydrogen-bond donors (Lipinski definition) is 1. The summed E-state index contributed by atoms with van der Waals surface area (Å²) < 4.78 is 0. The Morgan fingerprint density at radius 1 is 1.56 bits per heavy atom. The van der Waals surface area contributed by atoms with Gasteiger partial charge in [0.1, 0.15) is 0 Å². The van der Waals surface area contributed by atoms with E-state index in [0.29, 0.717) is 5.69 Å². The van der Waals surface area contributed by atoms with Crippen LogP contribution in [0.1, 0.15) is 49.7 Å². The molecule has 4 heteroatoms. The highest BCUT2D eigenvalue weighted by molar-refractivity contribution is 5.75. The summed E-state index contributed by atoms with van der Waals surface area (Å²) in [7, 11) is 0. The van der Waals surface area contributed by atoms with Gasteiger partial charge in [-0.15, -0.1) is 0 Å². The van der Waals surface area contributed by atoms with Crippen molar-refractivity contribution in [3.8, 4) is 0 Å². The van der Waals surface area contributed by atoms with Gasteiger partial charge >= 0.3 is 5.97 Å². The van der Waals surface area contributed by atoms with Gasteiger partial charge in [-0.05, 0) is 26.7 Å². The van der Waals surface area contributed by atoms with Gasteiger partial charge in [0.25, 0.3) is 0 Å². The predicted molar refractivity (Wildman–Crippen MR) is 61.4 cm³/mol. The van der Waals surface area contributed by atoms with Gasteiger partial charge in [-0.2, -0.15) is 0 Å². The van der Waals surface area contributed by atoms with Crippen molar-refractivity contribution in [1.29, 1.82) is 0 Å². The van der Waals surface area contributed by atoms with Gasteiger partial charge < -0.3 is 5.11 Å². The lowest BCUT2D eigenvalue weighted by Gasteiger charge is -2.09. The highest BCUT2D eigenvalue weighted by Crippen LogP contribution is 2.16. The summed E-state index contributed by atoms with van der Waals surface area (Å²) in [6.45, 7) is 5.57. The molecule has 0 saturated carbocycles. The van der Waals surface area contributed by atoms with E-state index in [4.69, 9.17) is 5.11 Å². The maximum atomic E-state index is 10.8. The summed E-state index contributed by atoms with van der Waals surface area (Å²) in [6.07, 6.45) is 4.81. The SMILES string of the molecule is CCCCc1cnc(C(C)C(=O)O)c(C)n1. The van der Waals surface area contributed by atoms with Crippen molar-refractivity contribution in [3.63, 3.8) is 0 Å². The molecular formula is C12H18N2O2. The molecule has 1 unspecified atom stereocenters. The van der Waals surface area contributed by atoms with E-state index in [0.717, 1.165) is 30.7 Å². The average molecular weight is 222 g/mol. The van der Waals surface area contributed by atoms with Crippen LogP contribution in [0.4, 0.5) is 0 Å². The molecule has 4 nitrogen and oxygen atoms in total. The lowest BCUT2D eigenvalue weighted by atomic mass is 10.1. The van der Waals surface area contributed by atoms with Crippen molar-refractivity contribution in [1.82, 2.24) is 9.97 Å². The molecule has 0 bridgehead atoms. The average Bonchev–Trinajstić information content (AvgIpc) is 2.25. The number of rotatable bonds is 5. The molecule has 88 valence electrons. The molecule has 1 rings (SSSR count). The van der Waals surface area contributed by atoms with Gasteiger partial charge in [-0.3, -0.25) is 14.8 Å². The minimum atomic E-state index is -0.862. The highest BCUT2D eigenvalue weighted by Gasteiger charge is 2.18. The quantitative estimate of drug-likeness (QED) is 0.830. The molecule has 0 radical (unpaired) electrons. The van der Waals surface area contributed by atoms with Crippen molar-refractivity contribution in [2.45, 2.75) is 46.0 Å². The number of nitrogens with zero attached hydrogens (tertiary/aromatic N) is 2. The third-order valence-corrected chi connectivity index (χ3v) is 2.60. The van der Waals surface area contributed by atoms with Crippen LogP contribution in [-0.4, -0.2) is 21.0 Å².